The van der Waals surface area contributed by atoms with Crippen molar-refractivity contribution in [3.63, 3.8) is 0 Å². The molecule has 0 aliphatic carbocycles. The first kappa shape index (κ1) is 17.5. The van der Waals surface area contributed by atoms with Crippen LogP contribution < -0.4 is 10.1 Å². The Hall–Kier alpha value is -2.94. The van der Waals surface area contributed by atoms with E-state index in [2.05, 4.69) is 27.0 Å². The van der Waals surface area contributed by atoms with E-state index in [1.54, 1.807) is 27.1 Å². The van der Waals surface area contributed by atoms with E-state index in [1.165, 1.54) is 6.08 Å². The van der Waals surface area contributed by atoms with E-state index >= 15 is 0 Å². The summed E-state index contributed by atoms with van der Waals surface area (Å²) in [5, 5.41) is 9.29. The van der Waals surface area contributed by atoms with E-state index in [9.17, 15) is 4.79 Å². The lowest BCUT2D eigenvalue weighted by atomic mass is 10.1. The van der Waals surface area contributed by atoms with Crippen LogP contribution in [0.2, 0.25) is 0 Å². The smallest absolute Gasteiger partial charge is 0.245 e. The Morgan fingerprint density at radius 1 is 1.41 bits per heavy atom. The van der Waals surface area contributed by atoms with Gasteiger partial charge in [0.25, 0.3) is 0 Å². The van der Waals surface area contributed by atoms with E-state index in [-0.39, 0.29) is 12.0 Å². The maximum Gasteiger partial charge on any atom is 0.245 e. The first-order valence-electron chi connectivity index (χ1n) is 8.71. The number of thiophene rings is 1. The number of hydrogen-bond acceptors (Lipinski definition) is 7. The van der Waals surface area contributed by atoms with Crippen LogP contribution in [0.25, 0.3) is 10.2 Å². The van der Waals surface area contributed by atoms with Gasteiger partial charge in [-0.15, -0.1) is 11.3 Å². The van der Waals surface area contributed by atoms with Gasteiger partial charge < -0.3 is 15.0 Å². The number of aryl methyl sites for hydroxylation is 1. The minimum Gasteiger partial charge on any atom is -0.473 e. The standard InChI is InChI=1S/C18H20N6O2S/c1-3-15(25)24-7-4-13(5-8-24)26-17-16-14(6-9-27-16)21-18(22-17)20-12-10-19-23(2)11-12/h3,6,9-11,13H,1,4-5,7-8H2,2H3,(H,20,21,22). The molecule has 3 aromatic rings. The molecule has 1 N–H and O–H groups in total. The molecule has 3 aromatic heterocycles. The summed E-state index contributed by atoms with van der Waals surface area (Å²) in [5.41, 5.74) is 1.66. The normalized spacial score (nSPS) is 15.1. The van der Waals surface area contributed by atoms with Gasteiger partial charge in [0.1, 0.15) is 10.8 Å². The number of amides is 1. The predicted octanol–water partition coefficient (Wildman–Crippen LogP) is 2.72. The van der Waals surface area contributed by atoms with Crippen LogP contribution in [0.5, 0.6) is 5.88 Å². The van der Waals surface area contributed by atoms with Gasteiger partial charge in [-0.1, -0.05) is 6.58 Å². The number of rotatable bonds is 5. The van der Waals surface area contributed by atoms with Crippen molar-refractivity contribution in [2.75, 3.05) is 18.4 Å². The third kappa shape index (κ3) is 3.77. The summed E-state index contributed by atoms with van der Waals surface area (Å²) in [6.45, 7) is 4.87. The molecule has 0 radical (unpaired) electrons. The molecule has 1 aliphatic rings. The van der Waals surface area contributed by atoms with Gasteiger partial charge in [-0.3, -0.25) is 9.48 Å². The zero-order valence-corrected chi connectivity index (χ0v) is 15.8. The summed E-state index contributed by atoms with van der Waals surface area (Å²) in [5.74, 6) is 1.03. The molecule has 1 amide bonds. The number of piperidine rings is 1. The van der Waals surface area contributed by atoms with Crippen LogP contribution in [0.15, 0.2) is 36.5 Å². The summed E-state index contributed by atoms with van der Waals surface area (Å²) < 4.78 is 8.84. The molecule has 0 unspecified atom stereocenters. The lowest BCUT2D eigenvalue weighted by Crippen LogP contribution is -2.41. The maximum atomic E-state index is 11.7. The number of nitrogens with zero attached hydrogens (tertiary/aromatic N) is 5. The lowest BCUT2D eigenvalue weighted by molar-refractivity contribution is -0.127. The zero-order chi connectivity index (χ0) is 18.8. The number of carbonyl (C=O) groups is 1. The Morgan fingerprint density at radius 2 is 2.22 bits per heavy atom. The first-order chi connectivity index (χ1) is 13.1. The third-order valence-corrected chi connectivity index (χ3v) is 5.33. The minimum absolute atomic E-state index is 0.0188. The van der Waals surface area contributed by atoms with Crippen LogP contribution in [0, 0.1) is 0 Å². The Labute approximate surface area is 160 Å². The second-order valence-electron chi connectivity index (χ2n) is 6.36. The Bertz CT molecular complexity index is 973. The Balaban J connectivity index is 1.52. The molecule has 0 spiro atoms. The van der Waals surface area contributed by atoms with Gasteiger partial charge in [-0.25, -0.2) is 4.98 Å². The number of hydrogen-bond donors (Lipinski definition) is 1. The molecular formula is C18H20N6O2S. The molecule has 1 aliphatic heterocycles. The topological polar surface area (TPSA) is 85.2 Å². The van der Waals surface area contributed by atoms with Crippen molar-refractivity contribution >= 4 is 39.1 Å². The van der Waals surface area contributed by atoms with Gasteiger partial charge in [0.2, 0.25) is 17.7 Å². The fourth-order valence-electron chi connectivity index (χ4n) is 3.07. The molecule has 0 aromatic carbocycles. The number of ether oxygens (including phenoxy) is 1. The highest BCUT2D eigenvalue weighted by atomic mass is 32.1. The molecule has 9 heteroatoms. The molecule has 1 saturated heterocycles. The van der Waals surface area contributed by atoms with Gasteiger partial charge in [-0.05, 0) is 17.5 Å². The molecule has 0 bridgehead atoms. The van der Waals surface area contributed by atoms with Gasteiger partial charge in [0.15, 0.2) is 0 Å². The molecular weight excluding hydrogens is 364 g/mol. The van der Waals surface area contributed by atoms with Crippen LogP contribution in [0.1, 0.15) is 12.8 Å². The molecule has 140 valence electrons. The Morgan fingerprint density at radius 3 is 2.93 bits per heavy atom. The molecule has 8 nitrogen and oxygen atoms in total. The van der Waals surface area contributed by atoms with E-state index in [1.807, 2.05) is 24.7 Å². The van der Waals surface area contributed by atoms with E-state index < -0.39 is 0 Å². The number of nitrogens with one attached hydrogen (secondary N) is 1. The highest BCUT2D eigenvalue weighted by Gasteiger charge is 2.24. The predicted molar refractivity (Wildman–Crippen MR) is 104 cm³/mol. The van der Waals surface area contributed by atoms with Crippen LogP contribution in [-0.2, 0) is 11.8 Å². The Kier molecular flexibility index (Phi) is 4.76. The number of likely N-dealkylation sites (tertiary alicyclic amines) is 1. The van der Waals surface area contributed by atoms with Gasteiger partial charge in [0.05, 0.1) is 17.4 Å². The number of aromatic nitrogens is 4. The summed E-state index contributed by atoms with van der Waals surface area (Å²) in [4.78, 5) is 22.6. The molecule has 27 heavy (non-hydrogen) atoms. The van der Waals surface area contributed by atoms with Gasteiger partial charge in [-0.2, -0.15) is 10.1 Å². The monoisotopic (exact) mass is 384 g/mol. The lowest BCUT2D eigenvalue weighted by Gasteiger charge is -2.31. The quantitative estimate of drug-likeness (QED) is 0.681. The molecule has 4 heterocycles. The molecule has 0 saturated carbocycles. The first-order valence-corrected chi connectivity index (χ1v) is 9.59. The van der Waals surface area contributed by atoms with Crippen molar-refractivity contribution in [3.05, 3.63) is 36.5 Å². The second-order valence-corrected chi connectivity index (χ2v) is 7.28. The van der Waals surface area contributed by atoms with Crippen molar-refractivity contribution in [2.24, 2.45) is 7.05 Å². The number of fused-ring (bicyclic) bond motifs is 1. The highest BCUT2D eigenvalue weighted by molar-refractivity contribution is 7.17. The zero-order valence-electron chi connectivity index (χ0n) is 15.0. The van der Waals surface area contributed by atoms with E-state index in [4.69, 9.17) is 4.74 Å². The SMILES string of the molecule is C=CC(=O)N1CCC(Oc2nc(Nc3cnn(C)c3)nc3ccsc23)CC1. The number of carbonyl (C=O) groups excluding carboxylic acids is 1. The average molecular weight is 384 g/mol. The highest BCUT2D eigenvalue weighted by Crippen LogP contribution is 2.31. The van der Waals surface area contributed by atoms with E-state index in [0.717, 1.165) is 28.7 Å². The molecule has 1 fully saturated rings. The summed E-state index contributed by atoms with van der Waals surface area (Å²) in [6, 6.07) is 1.95. The van der Waals surface area contributed by atoms with Crippen molar-refractivity contribution in [3.8, 4) is 5.88 Å². The third-order valence-electron chi connectivity index (χ3n) is 4.44. The van der Waals surface area contributed by atoms with Crippen molar-refractivity contribution in [1.29, 1.82) is 0 Å². The minimum atomic E-state index is -0.0286. The fourth-order valence-corrected chi connectivity index (χ4v) is 3.83. The summed E-state index contributed by atoms with van der Waals surface area (Å²) in [6.07, 6.45) is 6.48. The van der Waals surface area contributed by atoms with Crippen LogP contribution in [0.3, 0.4) is 0 Å². The summed E-state index contributed by atoms with van der Waals surface area (Å²) >= 11 is 1.56. The van der Waals surface area contributed by atoms with Crippen LogP contribution in [-0.4, -0.2) is 49.7 Å². The van der Waals surface area contributed by atoms with Crippen molar-refractivity contribution in [1.82, 2.24) is 24.6 Å². The molecule has 4 rings (SSSR count). The number of anilines is 2. The fraction of sp³-hybridized carbons (Fsp3) is 0.333. The van der Waals surface area contributed by atoms with Crippen molar-refractivity contribution in [2.45, 2.75) is 18.9 Å². The molecule has 0 atom stereocenters. The maximum absolute atomic E-state index is 11.7. The summed E-state index contributed by atoms with van der Waals surface area (Å²) in [7, 11) is 1.85. The van der Waals surface area contributed by atoms with E-state index in [0.29, 0.717) is 24.9 Å². The van der Waals surface area contributed by atoms with Crippen LogP contribution in [0.4, 0.5) is 11.6 Å². The second kappa shape index (κ2) is 7.36. The largest absolute Gasteiger partial charge is 0.473 e. The van der Waals surface area contributed by atoms with Crippen molar-refractivity contribution < 1.29 is 9.53 Å². The average Bonchev–Trinajstić information content (AvgIpc) is 3.30. The van der Waals surface area contributed by atoms with Crippen LogP contribution >= 0.6 is 11.3 Å². The van der Waals surface area contributed by atoms with Gasteiger partial charge in [0, 0.05) is 39.2 Å². The van der Waals surface area contributed by atoms with Gasteiger partial charge >= 0.3 is 0 Å².